The Morgan fingerprint density at radius 3 is 2.13 bits per heavy atom. The fourth-order valence-corrected chi connectivity index (χ4v) is 1.95. The van der Waals surface area contributed by atoms with Gasteiger partial charge in [0.15, 0.2) is 5.75 Å². The first-order chi connectivity index (χ1) is 6.77. The molecule has 0 bridgehead atoms. The van der Waals surface area contributed by atoms with E-state index in [4.69, 9.17) is 5.26 Å². The number of nitriles is 1. The van der Waals surface area contributed by atoms with Gasteiger partial charge in [-0.3, -0.25) is 0 Å². The van der Waals surface area contributed by atoms with E-state index >= 15 is 0 Å². The second kappa shape index (κ2) is 6.02. The van der Waals surface area contributed by atoms with Crippen molar-refractivity contribution < 1.29 is 16.8 Å². The Morgan fingerprint density at radius 2 is 1.67 bits per heavy atom. The van der Waals surface area contributed by atoms with E-state index in [-0.39, 0.29) is 13.1 Å². The zero-order valence-corrected chi connectivity index (χ0v) is 9.86. The van der Waals surface area contributed by atoms with Crippen LogP contribution in [-0.2, 0) is 20.0 Å². The predicted molar refractivity (Wildman–Crippen MR) is 54.9 cm³/mol. The number of hydrogen-bond donors (Lipinski definition) is 2. The molecule has 9 heteroatoms. The highest BCUT2D eigenvalue weighted by Crippen LogP contribution is 1.84. The summed E-state index contributed by atoms with van der Waals surface area (Å²) in [5.41, 5.74) is 0. The molecule has 0 aromatic rings. The van der Waals surface area contributed by atoms with E-state index < -0.39 is 25.8 Å². The highest BCUT2D eigenvalue weighted by molar-refractivity contribution is 7.89. The van der Waals surface area contributed by atoms with Crippen molar-refractivity contribution >= 4 is 20.0 Å². The highest BCUT2D eigenvalue weighted by Gasteiger charge is 2.07. The SMILES string of the molecule is CS(=O)(=O)NCCCNS(=O)(=O)CC#N. The molecule has 0 spiro atoms. The summed E-state index contributed by atoms with van der Waals surface area (Å²) < 4.78 is 47.4. The number of nitrogens with zero attached hydrogens (tertiary/aromatic N) is 1. The molecule has 0 aliphatic rings. The maximum absolute atomic E-state index is 10.9. The van der Waals surface area contributed by atoms with Crippen LogP contribution < -0.4 is 9.44 Å². The van der Waals surface area contributed by atoms with Crippen LogP contribution in [0.15, 0.2) is 0 Å². The molecular weight excluding hydrogens is 242 g/mol. The van der Waals surface area contributed by atoms with Gasteiger partial charge in [-0.1, -0.05) is 0 Å². The van der Waals surface area contributed by atoms with Gasteiger partial charge in [-0.25, -0.2) is 26.3 Å². The highest BCUT2D eigenvalue weighted by atomic mass is 32.2. The van der Waals surface area contributed by atoms with E-state index in [9.17, 15) is 16.8 Å². The summed E-state index contributed by atoms with van der Waals surface area (Å²) in [6.07, 6.45) is 1.35. The molecule has 0 heterocycles. The third-order valence-electron chi connectivity index (χ3n) is 1.29. The molecule has 0 radical (unpaired) electrons. The van der Waals surface area contributed by atoms with E-state index in [0.29, 0.717) is 6.42 Å². The third kappa shape index (κ3) is 9.61. The lowest BCUT2D eigenvalue weighted by molar-refractivity contribution is 0.577. The van der Waals surface area contributed by atoms with Crippen LogP contribution in [0.3, 0.4) is 0 Å². The first kappa shape index (κ1) is 14.3. The number of nitrogens with one attached hydrogen (secondary N) is 2. The Bertz CT molecular complexity index is 420. The van der Waals surface area contributed by atoms with Gasteiger partial charge in [-0.15, -0.1) is 0 Å². The average molecular weight is 255 g/mol. The van der Waals surface area contributed by atoms with Gasteiger partial charge in [0, 0.05) is 13.1 Å². The van der Waals surface area contributed by atoms with E-state index in [1.165, 1.54) is 6.07 Å². The molecule has 0 amide bonds. The summed E-state index contributed by atoms with van der Waals surface area (Å²) in [4.78, 5) is 0. The molecular formula is C6H13N3O4S2. The molecule has 0 aliphatic heterocycles. The van der Waals surface area contributed by atoms with Crippen molar-refractivity contribution in [2.45, 2.75) is 6.42 Å². The van der Waals surface area contributed by atoms with Crippen LogP contribution in [0.25, 0.3) is 0 Å². The van der Waals surface area contributed by atoms with Gasteiger partial charge < -0.3 is 0 Å². The van der Waals surface area contributed by atoms with Crippen molar-refractivity contribution in [3.05, 3.63) is 0 Å². The zero-order chi connectivity index (χ0) is 11.9. The van der Waals surface area contributed by atoms with E-state index in [1.54, 1.807) is 0 Å². The van der Waals surface area contributed by atoms with Crippen LogP contribution in [0.4, 0.5) is 0 Å². The molecule has 0 unspecified atom stereocenters. The van der Waals surface area contributed by atoms with Crippen LogP contribution >= 0.6 is 0 Å². The largest absolute Gasteiger partial charge is 0.225 e. The maximum atomic E-state index is 10.9. The van der Waals surface area contributed by atoms with E-state index in [2.05, 4.69) is 9.44 Å². The Labute approximate surface area is 89.6 Å². The van der Waals surface area contributed by atoms with Crippen LogP contribution in [0, 0.1) is 11.3 Å². The summed E-state index contributed by atoms with van der Waals surface area (Å²) in [7, 11) is -6.77. The molecule has 88 valence electrons. The molecule has 7 nitrogen and oxygen atoms in total. The molecule has 0 rings (SSSR count). The molecule has 0 aromatic carbocycles. The number of sulfonamides is 2. The topological polar surface area (TPSA) is 116 Å². The predicted octanol–water partition coefficient (Wildman–Crippen LogP) is -1.63. The smallest absolute Gasteiger partial charge is 0.215 e. The summed E-state index contributed by atoms with van der Waals surface area (Å²) in [6, 6.07) is 1.51. The van der Waals surface area contributed by atoms with Gasteiger partial charge in [-0.05, 0) is 6.42 Å². The quantitative estimate of drug-likeness (QED) is 0.530. The van der Waals surface area contributed by atoms with Crippen molar-refractivity contribution in [3.8, 4) is 6.07 Å². The fraction of sp³-hybridized carbons (Fsp3) is 0.833. The molecule has 15 heavy (non-hydrogen) atoms. The lowest BCUT2D eigenvalue weighted by Gasteiger charge is -2.03. The van der Waals surface area contributed by atoms with Crippen LogP contribution in [0.5, 0.6) is 0 Å². The van der Waals surface area contributed by atoms with Crippen LogP contribution in [0.2, 0.25) is 0 Å². The molecule has 0 aromatic heterocycles. The molecule has 0 aliphatic carbocycles. The number of rotatable bonds is 7. The molecule has 0 fully saturated rings. The normalized spacial score (nSPS) is 12.3. The van der Waals surface area contributed by atoms with Crippen molar-refractivity contribution in [3.63, 3.8) is 0 Å². The van der Waals surface area contributed by atoms with Crippen molar-refractivity contribution in [2.75, 3.05) is 25.1 Å². The Kier molecular flexibility index (Phi) is 5.74. The zero-order valence-electron chi connectivity index (χ0n) is 8.23. The summed E-state index contributed by atoms with van der Waals surface area (Å²) >= 11 is 0. The van der Waals surface area contributed by atoms with Gasteiger partial charge >= 0.3 is 0 Å². The average Bonchev–Trinajstić information content (AvgIpc) is 2.00. The number of hydrogen-bond acceptors (Lipinski definition) is 5. The minimum Gasteiger partial charge on any atom is -0.215 e. The second-order valence-electron chi connectivity index (χ2n) is 2.83. The Balaban J connectivity index is 3.70. The first-order valence-electron chi connectivity index (χ1n) is 4.06. The Hall–Kier alpha value is -0.690. The Morgan fingerprint density at radius 1 is 1.13 bits per heavy atom. The summed E-state index contributed by atoms with van der Waals surface area (Å²) in [5, 5.41) is 8.15. The lowest BCUT2D eigenvalue weighted by Crippen LogP contribution is -2.30. The fourth-order valence-electron chi connectivity index (χ4n) is 0.710. The third-order valence-corrected chi connectivity index (χ3v) is 3.18. The first-order valence-corrected chi connectivity index (χ1v) is 7.60. The standard InChI is InChI=1S/C6H13N3O4S2/c1-14(10,11)8-4-2-5-9-15(12,13)6-3-7/h8-9H,2,4-6H2,1H3. The van der Waals surface area contributed by atoms with Gasteiger partial charge in [0.2, 0.25) is 20.0 Å². The monoisotopic (exact) mass is 255 g/mol. The van der Waals surface area contributed by atoms with Crippen molar-refractivity contribution in [2.24, 2.45) is 0 Å². The van der Waals surface area contributed by atoms with Gasteiger partial charge in [0.1, 0.15) is 0 Å². The van der Waals surface area contributed by atoms with Crippen molar-refractivity contribution in [1.29, 1.82) is 5.26 Å². The van der Waals surface area contributed by atoms with Gasteiger partial charge in [0.05, 0.1) is 12.3 Å². The molecule has 0 saturated carbocycles. The van der Waals surface area contributed by atoms with Gasteiger partial charge in [-0.2, -0.15) is 5.26 Å². The van der Waals surface area contributed by atoms with Crippen LogP contribution in [0.1, 0.15) is 6.42 Å². The van der Waals surface area contributed by atoms with Gasteiger partial charge in [0.25, 0.3) is 0 Å². The summed E-state index contributed by atoms with van der Waals surface area (Å²) in [6.45, 7) is 0.264. The lowest BCUT2D eigenvalue weighted by atomic mass is 10.4. The minimum absolute atomic E-state index is 0.104. The molecule has 0 atom stereocenters. The maximum Gasteiger partial charge on any atom is 0.225 e. The van der Waals surface area contributed by atoms with Crippen LogP contribution in [-0.4, -0.2) is 41.9 Å². The second-order valence-corrected chi connectivity index (χ2v) is 6.47. The molecule has 0 saturated heterocycles. The summed E-state index contributed by atoms with van der Waals surface area (Å²) in [5.74, 6) is -0.591. The van der Waals surface area contributed by atoms with Crippen molar-refractivity contribution in [1.82, 2.24) is 9.44 Å². The molecule has 2 N–H and O–H groups in total. The van der Waals surface area contributed by atoms with E-state index in [0.717, 1.165) is 6.26 Å². The van der Waals surface area contributed by atoms with E-state index in [1.807, 2.05) is 0 Å². The minimum atomic E-state index is -3.54.